The molecular weight excluding hydrogens is 495 g/mol. The van der Waals surface area contributed by atoms with E-state index in [1.807, 2.05) is 17.0 Å². The van der Waals surface area contributed by atoms with Crippen LogP contribution in [0.5, 0.6) is 0 Å². The Morgan fingerprint density at radius 2 is 1.69 bits per heavy atom. The zero-order valence-corrected chi connectivity index (χ0v) is 21.7. The van der Waals surface area contributed by atoms with E-state index in [-0.39, 0.29) is 11.9 Å². The molecule has 0 unspecified atom stereocenters. The molecule has 36 heavy (non-hydrogen) atoms. The van der Waals surface area contributed by atoms with Gasteiger partial charge in [0.15, 0.2) is 0 Å². The maximum Gasteiger partial charge on any atom is 0.254 e. The zero-order chi connectivity index (χ0) is 24.9. The highest BCUT2D eigenvalue weighted by atomic mass is 35.5. The molecule has 2 aliphatic rings. The van der Waals surface area contributed by atoms with Gasteiger partial charge in [-0.2, -0.15) is 0 Å². The van der Waals surface area contributed by atoms with Crippen LogP contribution < -0.4 is 0 Å². The number of H-pyrrole nitrogens is 1. The van der Waals surface area contributed by atoms with Crippen LogP contribution in [0.1, 0.15) is 15.9 Å². The summed E-state index contributed by atoms with van der Waals surface area (Å²) >= 11 is 12.4. The van der Waals surface area contributed by atoms with E-state index in [0.717, 1.165) is 57.9 Å². The second kappa shape index (κ2) is 11.7. The summed E-state index contributed by atoms with van der Waals surface area (Å²) in [5, 5.41) is 2.12. The fourth-order valence-electron chi connectivity index (χ4n) is 5.00. The van der Waals surface area contributed by atoms with E-state index in [0.29, 0.717) is 28.7 Å². The summed E-state index contributed by atoms with van der Waals surface area (Å²) in [4.78, 5) is 23.6. The lowest BCUT2D eigenvalue weighted by atomic mass is 10.00. The molecule has 1 amide bonds. The summed E-state index contributed by atoms with van der Waals surface area (Å²) in [7, 11) is 0. The van der Waals surface area contributed by atoms with Gasteiger partial charge in [-0.3, -0.25) is 14.6 Å². The number of piperazine rings is 1. The molecule has 0 radical (unpaired) electrons. The highest BCUT2D eigenvalue weighted by Gasteiger charge is 2.31. The number of carbonyl (C=O) groups excluding carboxylic acids is 1. The van der Waals surface area contributed by atoms with Crippen LogP contribution in [0.25, 0.3) is 10.9 Å². The van der Waals surface area contributed by atoms with Gasteiger partial charge in [0.2, 0.25) is 0 Å². The van der Waals surface area contributed by atoms with Crippen LogP contribution in [-0.4, -0.2) is 90.7 Å². The van der Waals surface area contributed by atoms with Crippen LogP contribution >= 0.6 is 23.2 Å². The van der Waals surface area contributed by atoms with Gasteiger partial charge in [-0.15, -0.1) is 0 Å². The Morgan fingerprint density at radius 3 is 2.47 bits per heavy atom. The maximum atomic E-state index is 13.6. The van der Waals surface area contributed by atoms with Gasteiger partial charge in [0.25, 0.3) is 5.91 Å². The number of rotatable bonds is 5. The molecule has 6 nitrogen and oxygen atoms in total. The molecule has 1 aromatic heterocycles. The largest absolute Gasteiger partial charge is 0.379 e. The second-order valence-corrected chi connectivity index (χ2v) is 10.2. The number of morpholine rings is 1. The summed E-state index contributed by atoms with van der Waals surface area (Å²) < 4.78 is 5.41. The molecule has 2 aromatic carbocycles. The normalized spacial score (nSPS) is 19.3. The van der Waals surface area contributed by atoms with Crippen molar-refractivity contribution in [2.75, 3.05) is 59.0 Å². The first-order valence-electron chi connectivity index (χ1n) is 12.4. The van der Waals surface area contributed by atoms with Gasteiger partial charge in [0.05, 0.1) is 26.3 Å². The van der Waals surface area contributed by atoms with Crippen molar-refractivity contribution in [3.05, 3.63) is 69.8 Å². The number of halogens is 2. The number of fused-ring (bicyclic) bond motifs is 1. The molecular formula is C28H30Cl2N4O2. The number of nitrogens with one attached hydrogen (secondary N) is 1. The quantitative estimate of drug-likeness (QED) is 0.508. The maximum absolute atomic E-state index is 13.6. The SMILES string of the molecule is O=C(c1cc(Cl)cc(Cl)c1)N1CCN(CC#CCN2CCOCC2)C[C@H]1Cc1c[nH]c2ccccc12. The number of amides is 1. The van der Waals surface area contributed by atoms with E-state index >= 15 is 0 Å². The molecule has 2 aliphatic heterocycles. The van der Waals surface area contributed by atoms with Gasteiger partial charge in [-0.05, 0) is 36.2 Å². The summed E-state index contributed by atoms with van der Waals surface area (Å²) in [6, 6.07) is 13.3. The molecule has 0 spiro atoms. The number of nitrogens with zero attached hydrogens (tertiary/aromatic N) is 3. The second-order valence-electron chi connectivity index (χ2n) is 9.35. The standard InChI is InChI=1S/C28H30Cl2N4O2/c29-23-15-21(16-24(30)18-23)28(35)34-10-9-33(8-4-3-7-32-11-13-36-14-12-32)20-25(34)17-22-19-31-27-6-2-1-5-26(22)27/h1-2,5-6,15-16,18-19,25,31H,7-14,17,20H2/t25-/m1/s1. The number of aromatic nitrogens is 1. The molecule has 0 saturated carbocycles. The van der Waals surface area contributed by atoms with Crippen molar-refractivity contribution >= 4 is 40.0 Å². The third-order valence-corrected chi connectivity index (χ3v) is 7.34. The van der Waals surface area contributed by atoms with Crippen LogP contribution in [0, 0.1) is 11.8 Å². The van der Waals surface area contributed by atoms with Gasteiger partial charge in [0.1, 0.15) is 0 Å². The molecule has 1 N–H and O–H groups in total. The average molecular weight is 525 g/mol. The fourth-order valence-corrected chi connectivity index (χ4v) is 5.52. The van der Waals surface area contributed by atoms with Crippen LogP contribution in [0.3, 0.4) is 0 Å². The Balaban J connectivity index is 1.32. The topological polar surface area (TPSA) is 51.8 Å². The molecule has 2 fully saturated rings. The lowest BCUT2D eigenvalue weighted by Crippen LogP contribution is -2.56. The van der Waals surface area contributed by atoms with Crippen molar-refractivity contribution in [3.8, 4) is 11.8 Å². The van der Waals surface area contributed by atoms with E-state index < -0.39 is 0 Å². The summed E-state index contributed by atoms with van der Waals surface area (Å²) in [6.07, 6.45) is 2.81. The van der Waals surface area contributed by atoms with Gasteiger partial charge < -0.3 is 14.6 Å². The van der Waals surface area contributed by atoms with E-state index in [1.165, 1.54) is 10.9 Å². The summed E-state index contributed by atoms with van der Waals surface area (Å²) in [5.74, 6) is 6.63. The van der Waals surface area contributed by atoms with E-state index in [1.54, 1.807) is 18.2 Å². The molecule has 0 bridgehead atoms. The molecule has 1 atom stereocenters. The van der Waals surface area contributed by atoms with Crippen molar-refractivity contribution in [2.45, 2.75) is 12.5 Å². The number of hydrogen-bond donors (Lipinski definition) is 1. The Bertz CT molecular complexity index is 1260. The van der Waals surface area contributed by atoms with Crippen LogP contribution in [0.4, 0.5) is 0 Å². The lowest BCUT2D eigenvalue weighted by molar-refractivity contribution is 0.0441. The average Bonchev–Trinajstić information content (AvgIpc) is 3.29. The number of para-hydroxylation sites is 1. The monoisotopic (exact) mass is 524 g/mol. The molecule has 2 saturated heterocycles. The first kappa shape index (κ1) is 25.1. The highest BCUT2D eigenvalue weighted by molar-refractivity contribution is 6.35. The molecule has 0 aliphatic carbocycles. The summed E-state index contributed by atoms with van der Waals surface area (Å²) in [5.41, 5.74) is 2.83. The molecule has 188 valence electrons. The number of carbonyl (C=O) groups is 1. The van der Waals surface area contributed by atoms with Crippen molar-refractivity contribution < 1.29 is 9.53 Å². The molecule has 5 rings (SSSR count). The Hall–Kier alpha value is -2.53. The first-order chi connectivity index (χ1) is 17.6. The Labute approximate surface area is 222 Å². The van der Waals surface area contributed by atoms with Crippen molar-refractivity contribution in [2.24, 2.45) is 0 Å². The minimum atomic E-state index is -0.0395. The van der Waals surface area contributed by atoms with Crippen LogP contribution in [-0.2, 0) is 11.2 Å². The van der Waals surface area contributed by atoms with Gasteiger partial charge in [-0.25, -0.2) is 0 Å². The van der Waals surface area contributed by atoms with Gasteiger partial charge in [0, 0.05) is 71.5 Å². The van der Waals surface area contributed by atoms with Gasteiger partial charge in [-0.1, -0.05) is 53.2 Å². The number of aromatic amines is 1. The van der Waals surface area contributed by atoms with E-state index in [4.69, 9.17) is 27.9 Å². The minimum Gasteiger partial charge on any atom is -0.379 e. The molecule has 3 aromatic rings. The number of hydrogen-bond acceptors (Lipinski definition) is 4. The highest BCUT2D eigenvalue weighted by Crippen LogP contribution is 2.25. The third kappa shape index (κ3) is 6.05. The van der Waals surface area contributed by atoms with Crippen molar-refractivity contribution in [3.63, 3.8) is 0 Å². The van der Waals surface area contributed by atoms with Gasteiger partial charge >= 0.3 is 0 Å². The predicted octanol–water partition coefficient (Wildman–Crippen LogP) is 4.18. The lowest BCUT2D eigenvalue weighted by Gasteiger charge is -2.41. The minimum absolute atomic E-state index is 0.00394. The van der Waals surface area contributed by atoms with E-state index in [9.17, 15) is 4.79 Å². The van der Waals surface area contributed by atoms with E-state index in [2.05, 4.69) is 45.0 Å². The number of benzene rings is 2. The van der Waals surface area contributed by atoms with Crippen LogP contribution in [0.2, 0.25) is 10.0 Å². The van der Waals surface area contributed by atoms with Crippen molar-refractivity contribution in [1.82, 2.24) is 19.7 Å². The molecule has 8 heteroatoms. The molecule has 3 heterocycles. The Kier molecular flexibility index (Phi) is 8.15. The third-order valence-electron chi connectivity index (χ3n) is 6.90. The fraction of sp³-hybridized carbons (Fsp3) is 0.393. The number of ether oxygens (including phenoxy) is 1. The Morgan fingerprint density at radius 1 is 0.972 bits per heavy atom. The smallest absolute Gasteiger partial charge is 0.254 e. The zero-order valence-electron chi connectivity index (χ0n) is 20.2. The predicted molar refractivity (Wildman–Crippen MR) is 145 cm³/mol. The van der Waals surface area contributed by atoms with Crippen molar-refractivity contribution in [1.29, 1.82) is 0 Å². The van der Waals surface area contributed by atoms with Crippen LogP contribution in [0.15, 0.2) is 48.7 Å². The first-order valence-corrected chi connectivity index (χ1v) is 13.1. The summed E-state index contributed by atoms with van der Waals surface area (Å²) in [6.45, 7) is 7.07.